The quantitative estimate of drug-likeness (QED) is 0.436. The Morgan fingerprint density at radius 1 is 1.00 bits per heavy atom. The first-order valence-corrected chi connectivity index (χ1v) is 19.2. The third kappa shape index (κ3) is 6.73. The number of hydrogen-bond acceptors (Lipinski definition) is 4. The molecule has 0 aromatic rings. The van der Waals surface area contributed by atoms with E-state index in [0.717, 1.165) is 0 Å². The van der Waals surface area contributed by atoms with E-state index in [4.69, 9.17) is 13.3 Å². The summed E-state index contributed by atoms with van der Waals surface area (Å²) >= 11 is 0. The van der Waals surface area contributed by atoms with Crippen LogP contribution in [-0.4, -0.2) is 48.5 Å². The van der Waals surface area contributed by atoms with E-state index in [-0.39, 0.29) is 11.9 Å². The van der Waals surface area contributed by atoms with Crippen molar-refractivity contribution in [1.82, 2.24) is 0 Å². The molecule has 7 heteroatoms. The average molecular weight is 401 g/mol. The number of rotatable bonds is 8. The second kappa shape index (κ2) is 7.74. The van der Waals surface area contributed by atoms with E-state index >= 15 is 0 Å². The lowest BCUT2D eigenvalue weighted by atomic mass is 9.81. The minimum absolute atomic E-state index is 0.0338. The fourth-order valence-corrected chi connectivity index (χ4v) is 6.51. The van der Waals surface area contributed by atoms with Crippen LogP contribution in [0.1, 0.15) is 6.42 Å². The van der Waals surface area contributed by atoms with Crippen LogP contribution in [0.4, 0.5) is 0 Å². The first-order valence-electron chi connectivity index (χ1n) is 8.99. The van der Waals surface area contributed by atoms with Gasteiger partial charge in [-0.25, -0.2) is 0 Å². The van der Waals surface area contributed by atoms with Gasteiger partial charge in [0.1, 0.15) is 6.10 Å². The molecule has 1 rings (SSSR count). The first kappa shape index (κ1) is 22.7. The molecule has 1 aliphatic carbocycles. The maximum absolute atomic E-state index is 13.0. The molecule has 4 nitrogen and oxygen atoms in total. The molecule has 0 radical (unpaired) electrons. The van der Waals surface area contributed by atoms with E-state index in [1.165, 1.54) is 0 Å². The van der Waals surface area contributed by atoms with Crippen LogP contribution in [0.3, 0.4) is 0 Å². The van der Waals surface area contributed by atoms with Crippen LogP contribution in [-0.2, 0) is 18.1 Å². The Morgan fingerprint density at radius 3 is 1.92 bits per heavy atom. The Kier molecular flexibility index (Phi) is 7.03. The SMILES string of the molecule is C=CC[C@@]1(O[Si](C)(C)C)C(=O)C=C[C@H](O[Si](C)(C)C)[C@H]1O[Si](C)(C)C. The van der Waals surface area contributed by atoms with Crippen molar-refractivity contribution in [3.63, 3.8) is 0 Å². The first-order chi connectivity index (χ1) is 11.1. The number of hydrogen-bond donors (Lipinski definition) is 0. The maximum atomic E-state index is 13.0. The van der Waals surface area contributed by atoms with Crippen LogP contribution in [0.15, 0.2) is 24.8 Å². The summed E-state index contributed by atoms with van der Waals surface area (Å²) in [7, 11) is -5.77. The Balaban J connectivity index is 3.46. The smallest absolute Gasteiger partial charge is 0.189 e. The van der Waals surface area contributed by atoms with E-state index in [9.17, 15) is 4.79 Å². The molecule has 0 spiro atoms. The van der Waals surface area contributed by atoms with Crippen molar-refractivity contribution < 1.29 is 18.1 Å². The van der Waals surface area contributed by atoms with Crippen molar-refractivity contribution in [3.05, 3.63) is 24.8 Å². The molecule has 0 saturated carbocycles. The van der Waals surface area contributed by atoms with Crippen molar-refractivity contribution in [2.24, 2.45) is 0 Å². The Labute approximate surface area is 157 Å². The zero-order valence-corrected chi connectivity index (χ0v) is 20.4. The highest BCUT2D eigenvalue weighted by Crippen LogP contribution is 2.38. The van der Waals surface area contributed by atoms with Gasteiger partial charge in [0.05, 0.1) is 6.10 Å². The summed E-state index contributed by atoms with van der Waals surface area (Å²) in [6.45, 7) is 23.0. The van der Waals surface area contributed by atoms with Gasteiger partial charge in [0, 0.05) is 6.42 Å². The molecule has 144 valence electrons. The van der Waals surface area contributed by atoms with Crippen LogP contribution in [0.25, 0.3) is 0 Å². The molecular weight excluding hydrogens is 364 g/mol. The molecule has 0 aromatic carbocycles. The lowest BCUT2D eigenvalue weighted by Gasteiger charge is -2.49. The van der Waals surface area contributed by atoms with E-state index in [1.54, 1.807) is 12.2 Å². The van der Waals surface area contributed by atoms with Crippen LogP contribution in [0.5, 0.6) is 0 Å². The highest BCUT2D eigenvalue weighted by Gasteiger charge is 2.54. The molecule has 0 unspecified atom stereocenters. The van der Waals surface area contributed by atoms with Gasteiger partial charge >= 0.3 is 0 Å². The lowest BCUT2D eigenvalue weighted by molar-refractivity contribution is -0.148. The second-order valence-electron chi connectivity index (χ2n) is 9.67. The third-order valence-corrected chi connectivity index (χ3v) is 6.44. The molecule has 0 aromatic heterocycles. The van der Waals surface area contributed by atoms with Gasteiger partial charge in [-0.15, -0.1) is 6.58 Å². The molecule has 25 heavy (non-hydrogen) atoms. The third-order valence-electron chi connectivity index (χ3n) is 3.52. The molecule has 0 saturated heterocycles. The molecule has 0 fully saturated rings. The van der Waals surface area contributed by atoms with Crippen molar-refractivity contribution >= 4 is 30.7 Å². The highest BCUT2D eigenvalue weighted by atomic mass is 28.4. The predicted octanol–water partition coefficient (Wildman–Crippen LogP) is 4.73. The van der Waals surface area contributed by atoms with Crippen molar-refractivity contribution in [3.8, 4) is 0 Å². The van der Waals surface area contributed by atoms with Crippen molar-refractivity contribution in [1.29, 1.82) is 0 Å². The fraction of sp³-hybridized carbons (Fsp3) is 0.722. The van der Waals surface area contributed by atoms with Crippen molar-refractivity contribution in [2.45, 2.75) is 83.2 Å². The Morgan fingerprint density at radius 2 is 1.52 bits per heavy atom. The van der Waals surface area contributed by atoms with Gasteiger partial charge in [-0.1, -0.05) is 12.2 Å². The molecule has 0 N–H and O–H groups in total. The van der Waals surface area contributed by atoms with Gasteiger partial charge in [0.25, 0.3) is 0 Å². The Hall–Kier alpha value is -0.319. The molecule has 0 aliphatic heterocycles. The molecule has 3 atom stereocenters. The minimum atomic E-state index is -2.01. The van der Waals surface area contributed by atoms with E-state index in [1.807, 2.05) is 6.08 Å². The minimum Gasteiger partial charge on any atom is -0.409 e. The maximum Gasteiger partial charge on any atom is 0.189 e. The Bertz CT molecular complexity index is 526. The van der Waals surface area contributed by atoms with Crippen LogP contribution < -0.4 is 0 Å². The van der Waals surface area contributed by atoms with Gasteiger partial charge < -0.3 is 13.3 Å². The number of carbonyl (C=O) groups excluding carboxylic acids is 1. The zero-order chi connectivity index (χ0) is 19.7. The standard InChI is InChI=1S/C18H36O4Si3/c1-11-14-18(22-25(8,9)10)16(19)13-12-15(20-23(2,3)4)17(18)21-24(5,6)7/h11-13,15,17H,1,14H2,2-10H3/t15-,17+,18+/m0/s1. The fourth-order valence-electron chi connectivity index (χ4n) is 3.01. The van der Waals surface area contributed by atoms with Crippen LogP contribution >= 0.6 is 0 Å². The topological polar surface area (TPSA) is 44.8 Å². The van der Waals surface area contributed by atoms with Gasteiger partial charge in [0.15, 0.2) is 36.3 Å². The second-order valence-corrected chi connectivity index (χ2v) is 23.0. The molecule has 0 bridgehead atoms. The van der Waals surface area contributed by atoms with Gasteiger partial charge in [-0.3, -0.25) is 4.79 Å². The van der Waals surface area contributed by atoms with Crippen LogP contribution in [0.2, 0.25) is 58.9 Å². The van der Waals surface area contributed by atoms with Gasteiger partial charge in [-0.2, -0.15) is 0 Å². The summed E-state index contributed by atoms with van der Waals surface area (Å²) in [4.78, 5) is 13.0. The molecule has 0 amide bonds. The summed E-state index contributed by atoms with van der Waals surface area (Å²) in [6, 6.07) is 0. The van der Waals surface area contributed by atoms with Gasteiger partial charge in [0.2, 0.25) is 0 Å². The highest BCUT2D eigenvalue weighted by molar-refractivity contribution is 6.71. The van der Waals surface area contributed by atoms with Crippen molar-refractivity contribution in [2.75, 3.05) is 0 Å². The van der Waals surface area contributed by atoms with Gasteiger partial charge in [-0.05, 0) is 65.0 Å². The predicted molar refractivity (Wildman–Crippen MR) is 113 cm³/mol. The number of ketones is 1. The number of carbonyl (C=O) groups is 1. The summed E-state index contributed by atoms with van der Waals surface area (Å²) in [5.74, 6) is -0.0338. The summed E-state index contributed by atoms with van der Waals surface area (Å²) in [6.07, 6.45) is 4.98. The van der Waals surface area contributed by atoms with E-state index in [2.05, 4.69) is 65.5 Å². The lowest BCUT2D eigenvalue weighted by Crippen LogP contribution is -2.64. The normalized spacial score (nSPS) is 28.3. The monoisotopic (exact) mass is 400 g/mol. The van der Waals surface area contributed by atoms with E-state index < -0.39 is 36.7 Å². The summed E-state index contributed by atoms with van der Waals surface area (Å²) in [5.41, 5.74) is -1.04. The largest absolute Gasteiger partial charge is 0.409 e. The molecule has 0 heterocycles. The summed E-state index contributed by atoms with van der Waals surface area (Å²) in [5, 5.41) is 0. The zero-order valence-electron chi connectivity index (χ0n) is 17.4. The molecule has 1 aliphatic rings. The van der Waals surface area contributed by atoms with Crippen LogP contribution in [0, 0.1) is 0 Å². The van der Waals surface area contributed by atoms with E-state index in [0.29, 0.717) is 6.42 Å². The average Bonchev–Trinajstić information content (AvgIpc) is 2.34. The molecular formula is C18H36O4Si3. The summed E-state index contributed by atoms with van der Waals surface area (Å²) < 4.78 is 19.5.